The van der Waals surface area contributed by atoms with Crippen LogP contribution in [0.25, 0.3) is 17.1 Å². The molecule has 0 unspecified atom stereocenters. The summed E-state index contributed by atoms with van der Waals surface area (Å²) in [6.07, 6.45) is 1.44. The molecule has 9 heteroatoms. The number of allylic oxidation sites excluding steroid dienone is 1. The van der Waals surface area contributed by atoms with Crippen LogP contribution >= 0.6 is 11.8 Å². The van der Waals surface area contributed by atoms with Gasteiger partial charge >= 0.3 is 0 Å². The number of thioether (sulfide) groups is 1. The Bertz CT molecular complexity index is 1070. The first kappa shape index (κ1) is 16.0. The molecule has 2 heterocycles. The third-order valence-corrected chi connectivity index (χ3v) is 4.51. The lowest BCUT2D eigenvalue weighted by Crippen LogP contribution is -1.93. The fourth-order valence-corrected chi connectivity index (χ4v) is 3.27. The topological polar surface area (TPSA) is 114 Å². The number of nitro groups is 1. The molecular formula is C17H10N4O4S. The Balaban J connectivity index is 1.71. The normalized spacial score (nSPS) is 13.0. The van der Waals surface area contributed by atoms with E-state index in [1.165, 1.54) is 18.2 Å². The number of ether oxygens (including phenoxy) is 2. The highest BCUT2D eigenvalue weighted by molar-refractivity contribution is 8.03. The smallest absolute Gasteiger partial charge is 0.280 e. The minimum absolute atomic E-state index is 0.0124. The average molecular weight is 366 g/mol. The number of hydrogen-bond donors (Lipinski definition) is 1. The van der Waals surface area contributed by atoms with E-state index in [1.807, 2.05) is 30.3 Å². The van der Waals surface area contributed by atoms with Crippen LogP contribution in [0, 0.1) is 21.4 Å². The van der Waals surface area contributed by atoms with E-state index in [4.69, 9.17) is 9.47 Å². The predicted octanol–water partition coefficient (Wildman–Crippen LogP) is 3.86. The summed E-state index contributed by atoms with van der Waals surface area (Å²) in [4.78, 5) is 18.6. The lowest BCUT2D eigenvalue weighted by atomic mass is 10.1. The minimum atomic E-state index is -0.519. The van der Waals surface area contributed by atoms with Crippen molar-refractivity contribution in [3.05, 3.63) is 57.0 Å². The summed E-state index contributed by atoms with van der Waals surface area (Å²) in [6, 6.07) is 12.3. The number of nitrogens with one attached hydrogen (secondary N) is 1. The fourth-order valence-electron chi connectivity index (χ4n) is 2.53. The zero-order valence-electron chi connectivity index (χ0n) is 13.1. The average Bonchev–Trinajstić information content (AvgIpc) is 3.25. The molecule has 0 aliphatic carbocycles. The Labute approximate surface area is 151 Å². The Kier molecular flexibility index (Phi) is 3.95. The number of para-hydroxylation sites is 2. The standard InChI is InChI=1S/C17H10N4O4S/c18-8-11(26-17-19-12-3-1-2-4-13(12)20-17)5-10-6-15-16(25-9-24-15)7-14(10)21(22)23/h1-7H,9H2,(H,19,20)/b11-5+. The Morgan fingerprint density at radius 3 is 2.85 bits per heavy atom. The van der Waals surface area contributed by atoms with Crippen LogP contribution < -0.4 is 9.47 Å². The van der Waals surface area contributed by atoms with Gasteiger partial charge in [-0.15, -0.1) is 0 Å². The van der Waals surface area contributed by atoms with Crippen molar-refractivity contribution in [2.45, 2.75) is 5.16 Å². The van der Waals surface area contributed by atoms with Crippen LogP contribution in [0.15, 0.2) is 46.5 Å². The van der Waals surface area contributed by atoms with Gasteiger partial charge in [0.25, 0.3) is 5.69 Å². The van der Waals surface area contributed by atoms with Crippen molar-refractivity contribution in [2.75, 3.05) is 6.79 Å². The first-order valence-corrected chi connectivity index (χ1v) is 8.28. The quantitative estimate of drug-likeness (QED) is 0.323. The fraction of sp³-hybridized carbons (Fsp3) is 0.0588. The minimum Gasteiger partial charge on any atom is -0.454 e. The molecule has 3 aromatic rings. The molecule has 0 spiro atoms. The van der Waals surface area contributed by atoms with Crippen LogP contribution in [0.4, 0.5) is 5.69 Å². The maximum absolute atomic E-state index is 11.3. The first-order valence-electron chi connectivity index (χ1n) is 7.46. The van der Waals surface area contributed by atoms with Crippen molar-refractivity contribution >= 4 is 34.6 Å². The predicted molar refractivity (Wildman–Crippen MR) is 94.8 cm³/mol. The highest BCUT2D eigenvalue weighted by Crippen LogP contribution is 2.39. The zero-order valence-corrected chi connectivity index (χ0v) is 13.9. The number of fused-ring (bicyclic) bond motifs is 2. The van der Waals surface area contributed by atoms with E-state index >= 15 is 0 Å². The third kappa shape index (κ3) is 2.94. The molecule has 0 saturated carbocycles. The highest BCUT2D eigenvalue weighted by atomic mass is 32.2. The molecular weight excluding hydrogens is 356 g/mol. The molecule has 128 valence electrons. The molecule has 0 saturated heterocycles. The molecule has 1 N–H and O–H groups in total. The second-order valence-corrected chi connectivity index (χ2v) is 6.33. The number of aromatic amines is 1. The number of hydrogen-bond acceptors (Lipinski definition) is 7. The monoisotopic (exact) mass is 366 g/mol. The molecule has 2 aromatic carbocycles. The van der Waals surface area contributed by atoms with Crippen LogP contribution in [0.2, 0.25) is 0 Å². The number of H-pyrrole nitrogens is 1. The molecule has 1 aliphatic rings. The van der Waals surface area contributed by atoms with E-state index in [0.717, 1.165) is 22.8 Å². The summed E-state index contributed by atoms with van der Waals surface area (Å²) >= 11 is 1.10. The number of benzene rings is 2. The van der Waals surface area contributed by atoms with Crippen LogP contribution in [-0.2, 0) is 0 Å². The van der Waals surface area contributed by atoms with Gasteiger partial charge in [-0.25, -0.2) is 4.98 Å². The molecule has 0 atom stereocenters. The summed E-state index contributed by atoms with van der Waals surface area (Å²) in [7, 11) is 0. The Morgan fingerprint density at radius 2 is 2.12 bits per heavy atom. The number of nitriles is 1. The van der Waals surface area contributed by atoms with E-state index in [2.05, 4.69) is 9.97 Å². The van der Waals surface area contributed by atoms with Crippen molar-refractivity contribution in [3.63, 3.8) is 0 Å². The van der Waals surface area contributed by atoms with Gasteiger partial charge in [0.2, 0.25) is 6.79 Å². The summed E-state index contributed by atoms with van der Waals surface area (Å²) in [5.41, 5.74) is 1.73. The van der Waals surface area contributed by atoms with Gasteiger partial charge in [-0.05, 0) is 36.0 Å². The second kappa shape index (κ2) is 6.42. The first-order chi connectivity index (χ1) is 12.6. The van der Waals surface area contributed by atoms with Crippen molar-refractivity contribution < 1.29 is 14.4 Å². The van der Waals surface area contributed by atoms with Gasteiger partial charge < -0.3 is 14.5 Å². The van der Waals surface area contributed by atoms with Crippen molar-refractivity contribution in [1.29, 1.82) is 5.26 Å². The molecule has 1 aliphatic heterocycles. The maximum atomic E-state index is 11.3. The highest BCUT2D eigenvalue weighted by Gasteiger charge is 2.23. The van der Waals surface area contributed by atoms with Gasteiger partial charge in [0.05, 0.1) is 32.5 Å². The molecule has 1 aromatic heterocycles. The SMILES string of the molecule is N#C/C(=C\c1cc2c(cc1[N+](=O)[O-])OCO2)Sc1nc2ccccc2[nH]1. The van der Waals surface area contributed by atoms with Crippen molar-refractivity contribution in [2.24, 2.45) is 0 Å². The van der Waals surface area contributed by atoms with Gasteiger partial charge in [0, 0.05) is 0 Å². The van der Waals surface area contributed by atoms with E-state index in [9.17, 15) is 15.4 Å². The largest absolute Gasteiger partial charge is 0.454 e. The van der Waals surface area contributed by atoms with E-state index in [0.29, 0.717) is 16.7 Å². The number of nitro benzene ring substituents is 1. The summed E-state index contributed by atoms with van der Waals surface area (Å²) in [5, 5.41) is 21.3. The van der Waals surface area contributed by atoms with Gasteiger partial charge in [0.1, 0.15) is 6.07 Å². The van der Waals surface area contributed by atoms with Crippen LogP contribution in [-0.4, -0.2) is 21.7 Å². The molecule has 0 amide bonds. The molecule has 0 bridgehead atoms. The van der Waals surface area contributed by atoms with Gasteiger partial charge in [0.15, 0.2) is 16.7 Å². The molecule has 0 radical (unpaired) electrons. The second-order valence-electron chi connectivity index (χ2n) is 5.30. The van der Waals surface area contributed by atoms with Gasteiger partial charge in [-0.3, -0.25) is 10.1 Å². The van der Waals surface area contributed by atoms with E-state index in [1.54, 1.807) is 0 Å². The van der Waals surface area contributed by atoms with Gasteiger partial charge in [-0.1, -0.05) is 12.1 Å². The molecule has 4 rings (SSSR count). The zero-order chi connectivity index (χ0) is 18.1. The molecule has 0 fully saturated rings. The lowest BCUT2D eigenvalue weighted by molar-refractivity contribution is -0.385. The van der Waals surface area contributed by atoms with Crippen LogP contribution in [0.3, 0.4) is 0 Å². The number of aromatic nitrogens is 2. The van der Waals surface area contributed by atoms with Crippen LogP contribution in [0.5, 0.6) is 11.5 Å². The molecule has 8 nitrogen and oxygen atoms in total. The van der Waals surface area contributed by atoms with Gasteiger partial charge in [-0.2, -0.15) is 5.26 Å². The third-order valence-electron chi connectivity index (χ3n) is 3.69. The van der Waals surface area contributed by atoms with Crippen molar-refractivity contribution in [3.8, 4) is 17.6 Å². The van der Waals surface area contributed by atoms with Crippen LogP contribution in [0.1, 0.15) is 5.56 Å². The number of nitrogens with zero attached hydrogens (tertiary/aromatic N) is 3. The summed E-state index contributed by atoms with van der Waals surface area (Å²) in [6.45, 7) is 0.0124. The summed E-state index contributed by atoms with van der Waals surface area (Å²) < 4.78 is 10.4. The van der Waals surface area contributed by atoms with Crippen molar-refractivity contribution in [1.82, 2.24) is 9.97 Å². The number of imidazole rings is 1. The molecule has 26 heavy (non-hydrogen) atoms. The number of rotatable bonds is 4. The summed E-state index contributed by atoms with van der Waals surface area (Å²) in [5.74, 6) is 0.727. The van der Waals surface area contributed by atoms with E-state index in [-0.39, 0.29) is 22.9 Å². The Hall–Kier alpha value is -3.51. The van der Waals surface area contributed by atoms with E-state index < -0.39 is 4.92 Å². The Morgan fingerprint density at radius 1 is 1.35 bits per heavy atom. The lowest BCUT2D eigenvalue weighted by Gasteiger charge is -2.02. The maximum Gasteiger partial charge on any atom is 0.280 e.